The minimum Gasteiger partial charge on any atom is -0.309 e. The molecule has 0 unspecified atom stereocenters. The van der Waals surface area contributed by atoms with Crippen molar-refractivity contribution in [3.63, 3.8) is 0 Å². The second-order valence-electron chi connectivity index (χ2n) is 15.7. The summed E-state index contributed by atoms with van der Waals surface area (Å²) in [6, 6.07) is 92.2. The maximum Gasteiger partial charge on any atom is 0.0562 e. The summed E-state index contributed by atoms with van der Waals surface area (Å²) in [5, 5.41) is 2.39. The van der Waals surface area contributed by atoms with Crippen LogP contribution in [-0.4, -0.2) is 4.57 Å². The van der Waals surface area contributed by atoms with Gasteiger partial charge in [0.1, 0.15) is 0 Å². The third kappa shape index (κ3) is 6.74. The van der Waals surface area contributed by atoms with E-state index in [1.807, 2.05) is 0 Å². The van der Waals surface area contributed by atoms with Crippen LogP contribution < -0.4 is 4.90 Å². The van der Waals surface area contributed by atoms with Crippen molar-refractivity contribution in [3.05, 3.63) is 255 Å². The molecule has 1 heterocycles. The molecule has 0 saturated carbocycles. The fourth-order valence-electron chi connectivity index (χ4n) is 9.09. The number of aromatic nitrogens is 1. The summed E-state index contributed by atoms with van der Waals surface area (Å²) in [7, 11) is 0. The average Bonchev–Trinajstić information content (AvgIpc) is 3.70. The number of para-hydroxylation sites is 2. The van der Waals surface area contributed by atoms with Crippen LogP contribution in [-0.2, 0) is 0 Å². The Kier molecular flexibility index (Phi) is 9.57. The minimum atomic E-state index is 1.07. The molecule has 62 heavy (non-hydrogen) atoms. The van der Waals surface area contributed by atoms with Crippen LogP contribution in [0, 0.1) is 0 Å². The topological polar surface area (TPSA) is 8.17 Å². The van der Waals surface area contributed by atoms with Gasteiger partial charge in [-0.15, -0.1) is 0 Å². The van der Waals surface area contributed by atoms with Crippen molar-refractivity contribution in [3.8, 4) is 61.3 Å². The zero-order valence-corrected chi connectivity index (χ0v) is 34.1. The van der Waals surface area contributed by atoms with Gasteiger partial charge < -0.3 is 9.47 Å². The lowest BCUT2D eigenvalue weighted by Gasteiger charge is -2.30. The van der Waals surface area contributed by atoms with Crippen molar-refractivity contribution in [2.24, 2.45) is 0 Å². The summed E-state index contributed by atoms with van der Waals surface area (Å²) in [4.78, 5) is 2.51. The zero-order chi connectivity index (χ0) is 41.2. The van der Waals surface area contributed by atoms with E-state index in [1.165, 1.54) is 49.7 Å². The fourth-order valence-corrected chi connectivity index (χ4v) is 9.09. The molecule has 0 aliphatic carbocycles. The lowest BCUT2D eigenvalue weighted by atomic mass is 9.92. The maximum absolute atomic E-state index is 2.51. The van der Waals surface area contributed by atoms with Crippen molar-refractivity contribution < 1.29 is 0 Å². The lowest BCUT2D eigenvalue weighted by Crippen LogP contribution is -2.12. The third-order valence-corrected chi connectivity index (χ3v) is 12.0. The van der Waals surface area contributed by atoms with Gasteiger partial charge in [0, 0.05) is 27.7 Å². The largest absolute Gasteiger partial charge is 0.309 e. The van der Waals surface area contributed by atoms with E-state index in [2.05, 4.69) is 264 Å². The van der Waals surface area contributed by atoms with Crippen molar-refractivity contribution in [1.82, 2.24) is 4.57 Å². The van der Waals surface area contributed by atoms with E-state index in [4.69, 9.17) is 0 Å². The molecule has 0 atom stereocenters. The Morgan fingerprint density at radius 2 is 0.742 bits per heavy atom. The van der Waals surface area contributed by atoms with Crippen LogP contribution in [0.5, 0.6) is 0 Å². The van der Waals surface area contributed by atoms with Crippen molar-refractivity contribution in [2.45, 2.75) is 0 Å². The molecule has 10 aromatic carbocycles. The summed E-state index contributed by atoms with van der Waals surface area (Å²) in [6.07, 6.45) is 0. The van der Waals surface area contributed by atoms with E-state index < -0.39 is 0 Å². The predicted molar refractivity (Wildman–Crippen MR) is 263 cm³/mol. The summed E-state index contributed by atoms with van der Waals surface area (Å²) in [6.45, 7) is 0. The summed E-state index contributed by atoms with van der Waals surface area (Å²) in [5.74, 6) is 0. The van der Waals surface area contributed by atoms with Crippen LogP contribution in [0.25, 0.3) is 83.1 Å². The first kappa shape index (κ1) is 36.8. The Balaban J connectivity index is 1.21. The molecule has 292 valence electrons. The normalized spacial score (nSPS) is 11.2. The van der Waals surface area contributed by atoms with Crippen LogP contribution in [0.1, 0.15) is 0 Å². The monoisotopic (exact) mass is 790 g/mol. The van der Waals surface area contributed by atoms with Gasteiger partial charge in [-0.2, -0.15) is 0 Å². The number of rotatable bonds is 9. The first-order valence-corrected chi connectivity index (χ1v) is 21.3. The highest BCUT2D eigenvalue weighted by Gasteiger charge is 2.25. The lowest BCUT2D eigenvalue weighted by molar-refractivity contribution is 1.18. The van der Waals surface area contributed by atoms with Gasteiger partial charge in [0.15, 0.2) is 0 Å². The zero-order valence-electron chi connectivity index (χ0n) is 34.1. The number of benzene rings is 10. The Morgan fingerprint density at radius 1 is 0.274 bits per heavy atom. The molecule has 0 amide bonds. The molecule has 0 aliphatic rings. The van der Waals surface area contributed by atoms with E-state index >= 15 is 0 Å². The molecule has 1 aromatic heterocycles. The van der Waals surface area contributed by atoms with Gasteiger partial charge in [0.25, 0.3) is 0 Å². The Labute approximate surface area is 362 Å². The van der Waals surface area contributed by atoms with Gasteiger partial charge in [-0.25, -0.2) is 0 Å². The predicted octanol–water partition coefficient (Wildman–Crippen LogP) is 16.6. The van der Waals surface area contributed by atoms with Crippen LogP contribution in [0.4, 0.5) is 17.1 Å². The van der Waals surface area contributed by atoms with Crippen LogP contribution in [0.3, 0.4) is 0 Å². The molecule has 11 aromatic rings. The number of nitrogens with zero attached hydrogens (tertiary/aromatic N) is 2. The smallest absolute Gasteiger partial charge is 0.0562 e. The molecule has 2 nitrogen and oxygen atoms in total. The number of fused-ring (bicyclic) bond motifs is 3. The van der Waals surface area contributed by atoms with Gasteiger partial charge in [0.05, 0.1) is 22.4 Å². The minimum absolute atomic E-state index is 1.07. The molecule has 11 rings (SSSR count). The van der Waals surface area contributed by atoms with E-state index in [0.29, 0.717) is 0 Å². The molecule has 0 aliphatic heterocycles. The molecular formula is C60H42N2. The van der Waals surface area contributed by atoms with Crippen LogP contribution in [0.15, 0.2) is 255 Å². The van der Waals surface area contributed by atoms with Gasteiger partial charge in [0.2, 0.25) is 0 Å². The highest BCUT2D eigenvalue weighted by Crippen LogP contribution is 2.49. The Morgan fingerprint density at radius 3 is 1.40 bits per heavy atom. The van der Waals surface area contributed by atoms with Gasteiger partial charge in [-0.1, -0.05) is 206 Å². The first-order valence-electron chi connectivity index (χ1n) is 21.3. The molecule has 0 radical (unpaired) electrons. The summed E-state index contributed by atoms with van der Waals surface area (Å²) < 4.78 is 2.41. The van der Waals surface area contributed by atoms with E-state index in [0.717, 1.165) is 50.5 Å². The summed E-state index contributed by atoms with van der Waals surface area (Å²) >= 11 is 0. The fraction of sp³-hybridized carbons (Fsp3) is 0. The summed E-state index contributed by atoms with van der Waals surface area (Å²) in [5.41, 5.74) is 18.5. The molecule has 0 saturated heterocycles. The highest BCUT2D eigenvalue weighted by atomic mass is 15.2. The number of anilines is 3. The van der Waals surface area contributed by atoms with Gasteiger partial charge >= 0.3 is 0 Å². The molecule has 0 fully saturated rings. The standard InChI is InChI=1S/C60H42N2/c1-6-19-43(20-7-1)45-33-35-48(36-34-45)52-40-38-51(42-55(52)47-25-12-4-13-26-47)62(59-41-49(44-21-8-2-9-22-44)37-39-53(59)46-23-10-3-11-24-46)58-32-18-31-57-60(58)54-29-16-17-30-56(54)61(57)50-27-14-5-15-28-50/h1-42H. The third-order valence-electron chi connectivity index (χ3n) is 12.0. The van der Waals surface area contributed by atoms with Gasteiger partial charge in [-0.05, 0) is 98.6 Å². The van der Waals surface area contributed by atoms with Crippen molar-refractivity contribution >= 4 is 38.9 Å². The Bertz CT molecular complexity index is 3300. The van der Waals surface area contributed by atoms with Crippen molar-refractivity contribution in [1.29, 1.82) is 0 Å². The molecule has 0 spiro atoms. The maximum atomic E-state index is 2.51. The number of hydrogen-bond acceptors (Lipinski definition) is 1. The van der Waals surface area contributed by atoms with Gasteiger partial charge in [-0.3, -0.25) is 0 Å². The second kappa shape index (κ2) is 16.1. The van der Waals surface area contributed by atoms with E-state index in [-0.39, 0.29) is 0 Å². The second-order valence-corrected chi connectivity index (χ2v) is 15.7. The Hall–Kier alpha value is -8.20. The molecule has 2 heteroatoms. The van der Waals surface area contributed by atoms with Crippen LogP contribution in [0.2, 0.25) is 0 Å². The average molecular weight is 791 g/mol. The molecule has 0 N–H and O–H groups in total. The highest BCUT2D eigenvalue weighted by molar-refractivity contribution is 6.17. The quantitative estimate of drug-likeness (QED) is 0.141. The van der Waals surface area contributed by atoms with Crippen molar-refractivity contribution in [2.75, 3.05) is 4.90 Å². The van der Waals surface area contributed by atoms with E-state index in [9.17, 15) is 0 Å². The first-order chi connectivity index (χ1) is 30.8. The number of hydrogen-bond donors (Lipinski definition) is 0. The van der Waals surface area contributed by atoms with Crippen LogP contribution >= 0.6 is 0 Å². The molecule has 0 bridgehead atoms. The van der Waals surface area contributed by atoms with E-state index in [1.54, 1.807) is 0 Å². The SMILES string of the molecule is c1ccc(-c2ccc(-c3ccc(N(c4cc(-c5ccccc5)ccc4-c4ccccc4)c4cccc5c4c4ccccc4n5-c4ccccc4)cc3-c3ccccc3)cc2)cc1. The molecular weight excluding hydrogens is 749 g/mol.